The van der Waals surface area contributed by atoms with Gasteiger partial charge in [0.25, 0.3) is 0 Å². The first kappa shape index (κ1) is 30.1. The number of methoxy groups -OCH3 is 1. The topological polar surface area (TPSA) is 74.7 Å². The molecule has 0 N–H and O–H groups in total. The van der Waals surface area contributed by atoms with E-state index in [1.807, 2.05) is 44.4 Å². The van der Waals surface area contributed by atoms with Crippen LogP contribution < -0.4 is 19.5 Å². The minimum Gasteiger partial charge on any atom is -0.545 e. The lowest BCUT2D eigenvalue weighted by Gasteiger charge is -2.13. The number of aryl methyl sites for hydroxylation is 1. The second kappa shape index (κ2) is 16.5. The Morgan fingerprint density at radius 3 is 2.44 bits per heavy atom. The van der Waals surface area contributed by atoms with E-state index in [1.165, 1.54) is 37.3 Å². The second-order valence-electron chi connectivity index (χ2n) is 9.59. The molecule has 0 spiro atoms. The average Bonchev–Trinajstić information content (AvgIpc) is 2.95. The van der Waals surface area contributed by atoms with Gasteiger partial charge in [0.2, 0.25) is 0 Å². The van der Waals surface area contributed by atoms with Gasteiger partial charge in [0.1, 0.15) is 17.2 Å². The van der Waals surface area contributed by atoms with Crippen molar-refractivity contribution >= 4 is 29.5 Å². The zero-order valence-corrected chi connectivity index (χ0v) is 24.0. The standard InChI is InChI=1S/C32H40N2O4S/c1-34(2)27-12-10-13-29(23-27)39-24-26-16-20-31(30(33-26)19-21-32(35)36)38-22-9-7-5-4-6-8-11-25-14-17-28(37-3)18-15-25/h10,12-21,23H,4-9,11,22,24H2,1-3H3,(H,35,36)/p-1/b21-19+. The quantitative estimate of drug-likeness (QED) is 0.114. The third-order valence-electron chi connectivity index (χ3n) is 6.32. The van der Waals surface area contributed by atoms with Crippen LogP contribution in [0.15, 0.2) is 71.6 Å². The van der Waals surface area contributed by atoms with Crippen LogP contribution in [0.2, 0.25) is 0 Å². The Bertz CT molecular complexity index is 1200. The number of hydrogen-bond acceptors (Lipinski definition) is 7. The van der Waals surface area contributed by atoms with Crippen molar-refractivity contribution in [1.29, 1.82) is 0 Å². The summed E-state index contributed by atoms with van der Waals surface area (Å²) in [5, 5.41) is 11.0. The number of carbonyl (C=O) groups excluding carboxylic acids is 1. The minimum atomic E-state index is -1.25. The Balaban J connectivity index is 1.41. The molecule has 1 aromatic heterocycles. The van der Waals surface area contributed by atoms with Crippen LogP contribution in [-0.4, -0.2) is 38.8 Å². The van der Waals surface area contributed by atoms with Gasteiger partial charge in [0, 0.05) is 30.4 Å². The van der Waals surface area contributed by atoms with Crippen LogP contribution in [0.1, 0.15) is 55.5 Å². The third-order valence-corrected chi connectivity index (χ3v) is 7.35. The highest BCUT2D eigenvalue weighted by molar-refractivity contribution is 7.98. The van der Waals surface area contributed by atoms with E-state index in [0.29, 0.717) is 23.8 Å². The van der Waals surface area contributed by atoms with Crippen LogP contribution in [-0.2, 0) is 17.0 Å². The zero-order chi connectivity index (χ0) is 27.9. The largest absolute Gasteiger partial charge is 0.545 e. The molecule has 3 aromatic rings. The third kappa shape index (κ3) is 11.1. The van der Waals surface area contributed by atoms with Crippen molar-refractivity contribution < 1.29 is 19.4 Å². The Kier molecular flexibility index (Phi) is 12.7. The Hall–Kier alpha value is -3.45. The van der Waals surface area contributed by atoms with Gasteiger partial charge < -0.3 is 24.3 Å². The second-order valence-corrected chi connectivity index (χ2v) is 10.6. The predicted octanol–water partition coefficient (Wildman–Crippen LogP) is 6.17. The van der Waals surface area contributed by atoms with Crippen LogP contribution in [0.3, 0.4) is 0 Å². The van der Waals surface area contributed by atoms with Gasteiger partial charge in [0.05, 0.1) is 25.4 Å². The Morgan fingerprint density at radius 1 is 0.974 bits per heavy atom. The van der Waals surface area contributed by atoms with Crippen LogP contribution in [0, 0.1) is 0 Å². The average molecular weight is 548 g/mol. The maximum atomic E-state index is 11.0. The smallest absolute Gasteiger partial charge is 0.144 e. The molecular formula is C32H39N2O4S-. The first-order valence-corrected chi connectivity index (χ1v) is 14.5. The zero-order valence-electron chi connectivity index (χ0n) is 23.2. The number of nitrogens with zero attached hydrogens (tertiary/aromatic N) is 2. The first-order valence-electron chi connectivity index (χ1n) is 13.5. The van der Waals surface area contributed by atoms with Crippen molar-refractivity contribution in [2.75, 3.05) is 32.7 Å². The molecule has 0 saturated carbocycles. The monoisotopic (exact) mass is 547 g/mol. The molecule has 0 aliphatic rings. The molecule has 208 valence electrons. The van der Waals surface area contributed by atoms with Crippen molar-refractivity contribution in [2.24, 2.45) is 0 Å². The molecule has 6 nitrogen and oxygen atoms in total. The molecule has 0 aliphatic heterocycles. The fraction of sp³-hybridized carbons (Fsp3) is 0.375. The van der Waals surface area contributed by atoms with Gasteiger partial charge in [-0.25, -0.2) is 4.98 Å². The van der Waals surface area contributed by atoms with Gasteiger partial charge in [-0.05, 0) is 79.4 Å². The van der Waals surface area contributed by atoms with Crippen molar-refractivity contribution in [3.05, 3.63) is 83.7 Å². The van der Waals surface area contributed by atoms with E-state index < -0.39 is 5.97 Å². The number of ether oxygens (including phenoxy) is 2. The molecule has 39 heavy (non-hydrogen) atoms. The van der Waals surface area contributed by atoms with E-state index >= 15 is 0 Å². The maximum absolute atomic E-state index is 11.0. The van der Waals surface area contributed by atoms with Crippen molar-refractivity contribution in [2.45, 2.75) is 55.6 Å². The van der Waals surface area contributed by atoms with Crippen molar-refractivity contribution in [1.82, 2.24) is 4.98 Å². The molecule has 0 fully saturated rings. The van der Waals surface area contributed by atoms with Gasteiger partial charge in [-0.3, -0.25) is 0 Å². The van der Waals surface area contributed by atoms with Gasteiger partial charge in [-0.2, -0.15) is 0 Å². The number of benzene rings is 2. The normalized spacial score (nSPS) is 11.1. The summed E-state index contributed by atoms with van der Waals surface area (Å²) in [5.41, 5.74) is 3.86. The molecule has 0 atom stereocenters. The number of aromatic nitrogens is 1. The Labute approximate surface area is 237 Å². The lowest BCUT2D eigenvalue weighted by Crippen LogP contribution is -2.18. The summed E-state index contributed by atoms with van der Waals surface area (Å²) in [4.78, 5) is 18.9. The first-order chi connectivity index (χ1) is 18.9. The molecule has 0 bridgehead atoms. The molecule has 1 heterocycles. The summed E-state index contributed by atoms with van der Waals surface area (Å²) in [6.07, 6.45) is 10.4. The lowest BCUT2D eigenvalue weighted by molar-refractivity contribution is -0.297. The Morgan fingerprint density at radius 2 is 1.72 bits per heavy atom. The van der Waals surface area contributed by atoms with Crippen LogP contribution in [0.4, 0.5) is 5.69 Å². The number of carboxylic acid groups (broad SMARTS) is 1. The number of thioether (sulfide) groups is 1. The number of hydrogen-bond donors (Lipinski definition) is 0. The minimum absolute atomic E-state index is 0.512. The summed E-state index contributed by atoms with van der Waals surface area (Å²) in [5.74, 6) is 0.905. The summed E-state index contributed by atoms with van der Waals surface area (Å²) in [6.45, 7) is 0.575. The molecule has 0 saturated heterocycles. The number of rotatable bonds is 17. The van der Waals surface area contributed by atoms with Gasteiger partial charge in [-0.15, -0.1) is 11.8 Å². The number of carbonyl (C=O) groups is 1. The maximum Gasteiger partial charge on any atom is 0.144 e. The van der Waals surface area contributed by atoms with Crippen molar-refractivity contribution in [3.8, 4) is 11.5 Å². The van der Waals surface area contributed by atoms with E-state index in [9.17, 15) is 9.90 Å². The van der Waals surface area contributed by atoms with E-state index in [-0.39, 0.29) is 0 Å². The molecule has 0 aliphatic carbocycles. The molecule has 2 aromatic carbocycles. The fourth-order valence-corrected chi connectivity index (χ4v) is 4.95. The number of aliphatic carboxylic acids is 1. The highest BCUT2D eigenvalue weighted by Crippen LogP contribution is 2.27. The summed E-state index contributed by atoms with van der Waals surface area (Å²) < 4.78 is 11.2. The summed E-state index contributed by atoms with van der Waals surface area (Å²) in [7, 11) is 5.73. The lowest BCUT2D eigenvalue weighted by atomic mass is 10.0. The van der Waals surface area contributed by atoms with E-state index in [1.54, 1.807) is 18.9 Å². The van der Waals surface area contributed by atoms with Crippen molar-refractivity contribution in [3.63, 3.8) is 0 Å². The number of unbranched alkanes of at least 4 members (excludes halogenated alkanes) is 5. The predicted molar refractivity (Wildman–Crippen MR) is 159 cm³/mol. The molecular weight excluding hydrogens is 508 g/mol. The SMILES string of the molecule is COc1ccc(CCCCCCCCOc2ccc(CSc3cccc(N(C)C)c3)nc2/C=C/C(=O)[O-])cc1. The molecule has 0 radical (unpaired) electrons. The molecule has 3 rings (SSSR count). The van der Waals surface area contributed by atoms with Crippen LogP contribution in [0.25, 0.3) is 6.08 Å². The summed E-state index contributed by atoms with van der Waals surface area (Å²) >= 11 is 1.69. The van der Waals surface area contributed by atoms with Gasteiger partial charge in [-0.1, -0.05) is 43.9 Å². The fourth-order valence-electron chi connectivity index (χ4n) is 4.09. The number of anilines is 1. The van der Waals surface area contributed by atoms with Gasteiger partial charge in [0.15, 0.2) is 0 Å². The van der Waals surface area contributed by atoms with E-state index in [2.05, 4.69) is 40.2 Å². The van der Waals surface area contributed by atoms with Crippen LogP contribution in [0.5, 0.6) is 11.5 Å². The summed E-state index contributed by atoms with van der Waals surface area (Å²) in [6, 6.07) is 20.5. The highest BCUT2D eigenvalue weighted by Gasteiger charge is 2.07. The molecule has 0 amide bonds. The number of pyridine rings is 1. The number of carboxylic acids is 1. The molecule has 0 unspecified atom stereocenters. The van der Waals surface area contributed by atoms with Crippen LogP contribution >= 0.6 is 11.8 Å². The van der Waals surface area contributed by atoms with E-state index in [0.717, 1.165) is 47.4 Å². The van der Waals surface area contributed by atoms with Gasteiger partial charge >= 0.3 is 0 Å². The highest BCUT2D eigenvalue weighted by atomic mass is 32.2. The molecule has 7 heteroatoms. The van der Waals surface area contributed by atoms with E-state index in [4.69, 9.17) is 9.47 Å².